The van der Waals surface area contributed by atoms with Gasteiger partial charge in [0.1, 0.15) is 0 Å². The molecule has 10 heavy (non-hydrogen) atoms. The van der Waals surface area contributed by atoms with Crippen LogP contribution in [0.25, 0.3) is 0 Å². The van der Waals surface area contributed by atoms with E-state index in [-0.39, 0.29) is 17.0 Å². The highest BCUT2D eigenvalue weighted by molar-refractivity contribution is 4.71. The summed E-state index contributed by atoms with van der Waals surface area (Å²) in [6, 6.07) is 0. The molecule has 0 aromatic heterocycles. The second-order valence-corrected chi connectivity index (χ2v) is 3.08. The molecule has 2 nitrogen and oxygen atoms in total. The monoisotopic (exact) mass is 209 g/mol. The van der Waals surface area contributed by atoms with Crippen molar-refractivity contribution >= 4 is 0 Å². The summed E-state index contributed by atoms with van der Waals surface area (Å²) in [5.41, 5.74) is 0. The first kappa shape index (κ1) is 12.6. The second-order valence-electron chi connectivity index (χ2n) is 3.08. The third-order valence-electron chi connectivity index (χ3n) is 0.885. The number of hydrogen-bond donors (Lipinski definition) is 0. The number of nitrogens with zero attached hydrogens (tertiary/aromatic N) is 1. The largest absolute Gasteiger partial charge is 1.00 e. The maximum atomic E-state index is 4.75. The summed E-state index contributed by atoms with van der Waals surface area (Å²) in [6.45, 7) is 1.01. The molecule has 0 atom stereocenters. The van der Waals surface area contributed by atoms with Crippen LogP contribution in [0.4, 0.5) is 0 Å². The smallest absolute Gasteiger partial charge is 0.1000 e. The number of rotatable bonds is 3. The summed E-state index contributed by atoms with van der Waals surface area (Å²) in [4.78, 5) is 0. The van der Waals surface area contributed by atoms with Crippen LogP contribution in [-0.2, 0) is 4.74 Å². The molecular weight excluding hydrogens is 194 g/mol. The van der Waals surface area contributed by atoms with E-state index < -0.39 is 0 Å². The van der Waals surface area contributed by atoms with E-state index in [0.717, 1.165) is 11.0 Å². The van der Waals surface area contributed by atoms with Crippen LogP contribution in [-0.4, -0.2) is 39.3 Å². The van der Waals surface area contributed by atoms with Crippen LogP contribution in [0.2, 0.25) is 0 Å². The van der Waals surface area contributed by atoms with E-state index in [1.54, 1.807) is 13.4 Å². The first-order valence-corrected chi connectivity index (χ1v) is 3.04. The molecule has 0 bridgehead atoms. The molecule has 0 aliphatic carbocycles. The highest BCUT2D eigenvalue weighted by Gasteiger charge is 2.00. The first-order chi connectivity index (χ1) is 4.06. The number of methoxy groups -OCH3 is 1. The molecule has 0 unspecified atom stereocenters. The number of hydrogen-bond acceptors (Lipinski definition) is 1. The molecule has 0 saturated carbocycles. The lowest BCUT2D eigenvalue weighted by Gasteiger charge is -2.21. The lowest BCUT2D eigenvalue weighted by Crippen LogP contribution is -3.00. The van der Waals surface area contributed by atoms with Gasteiger partial charge in [-0.1, -0.05) is 0 Å². The molecule has 0 rings (SSSR count). The summed E-state index contributed by atoms with van der Waals surface area (Å²) in [6.07, 6.45) is 3.73. The summed E-state index contributed by atoms with van der Waals surface area (Å²) >= 11 is 0. The maximum absolute atomic E-state index is 4.75. The molecule has 0 aliphatic rings. The van der Waals surface area contributed by atoms with Crippen molar-refractivity contribution in [2.45, 2.75) is 0 Å². The third kappa shape index (κ3) is 10.9. The molecule has 0 aromatic carbocycles. The van der Waals surface area contributed by atoms with Gasteiger partial charge in [-0.3, -0.25) is 0 Å². The SMILES string of the molecule is COC=CC[N+](C)(C)C.[Br-]. The van der Waals surface area contributed by atoms with E-state index in [2.05, 4.69) is 21.1 Å². The molecule has 0 aliphatic heterocycles. The van der Waals surface area contributed by atoms with Crippen LogP contribution >= 0.6 is 0 Å². The Hall–Kier alpha value is -0.0200. The Bertz CT molecular complexity index is 96.3. The van der Waals surface area contributed by atoms with Gasteiger partial charge in [-0.2, -0.15) is 0 Å². The number of ether oxygens (including phenoxy) is 1. The predicted octanol–water partition coefficient (Wildman–Crippen LogP) is -2.14. The van der Waals surface area contributed by atoms with E-state index in [1.165, 1.54) is 0 Å². The van der Waals surface area contributed by atoms with Crippen molar-refractivity contribution in [3.63, 3.8) is 0 Å². The van der Waals surface area contributed by atoms with Gasteiger partial charge < -0.3 is 26.2 Å². The van der Waals surface area contributed by atoms with Crippen LogP contribution in [0.5, 0.6) is 0 Å². The Balaban J connectivity index is 0. The minimum absolute atomic E-state index is 0. The molecule has 0 heterocycles. The standard InChI is InChI=1S/C7H16NO.BrH/c1-8(2,3)6-5-7-9-4;/h5,7H,6H2,1-4H3;1H/q+1;/p-1. The van der Waals surface area contributed by atoms with Crippen LogP contribution in [0.3, 0.4) is 0 Å². The fourth-order valence-corrected chi connectivity index (χ4v) is 0.455. The van der Waals surface area contributed by atoms with Crippen LogP contribution < -0.4 is 17.0 Å². The molecule has 0 aromatic rings. The van der Waals surface area contributed by atoms with Crippen molar-refractivity contribution in [3.8, 4) is 0 Å². The molecule has 0 spiro atoms. The van der Waals surface area contributed by atoms with Crippen LogP contribution in [0.15, 0.2) is 12.3 Å². The Labute approximate surface area is 73.8 Å². The zero-order chi connectivity index (χ0) is 7.33. The average Bonchev–Trinajstić information content (AvgIpc) is 1.63. The highest BCUT2D eigenvalue weighted by atomic mass is 79.9. The summed E-state index contributed by atoms with van der Waals surface area (Å²) in [5, 5.41) is 0. The van der Waals surface area contributed by atoms with Gasteiger partial charge in [0.25, 0.3) is 0 Å². The highest BCUT2D eigenvalue weighted by Crippen LogP contribution is 1.88. The molecule has 0 amide bonds. The van der Waals surface area contributed by atoms with Crippen molar-refractivity contribution in [2.75, 3.05) is 34.8 Å². The fourth-order valence-electron chi connectivity index (χ4n) is 0.455. The Morgan fingerprint density at radius 3 is 2.10 bits per heavy atom. The fraction of sp³-hybridized carbons (Fsp3) is 0.714. The Morgan fingerprint density at radius 2 is 1.80 bits per heavy atom. The molecule has 3 heteroatoms. The number of quaternary nitrogens is 1. The van der Waals surface area contributed by atoms with Gasteiger partial charge in [-0.25, -0.2) is 0 Å². The molecule has 0 radical (unpaired) electrons. The zero-order valence-electron chi connectivity index (χ0n) is 7.10. The summed E-state index contributed by atoms with van der Waals surface area (Å²) in [7, 11) is 8.08. The van der Waals surface area contributed by atoms with Crippen molar-refractivity contribution in [1.82, 2.24) is 0 Å². The summed E-state index contributed by atoms with van der Waals surface area (Å²) in [5.74, 6) is 0. The quantitative estimate of drug-likeness (QED) is 0.381. The van der Waals surface area contributed by atoms with Crippen molar-refractivity contribution in [1.29, 1.82) is 0 Å². The number of halogens is 1. The third-order valence-corrected chi connectivity index (χ3v) is 0.885. The van der Waals surface area contributed by atoms with Crippen molar-refractivity contribution < 1.29 is 26.2 Å². The molecular formula is C7H16BrNO. The minimum atomic E-state index is 0. The van der Waals surface area contributed by atoms with Gasteiger partial charge in [-0.15, -0.1) is 0 Å². The van der Waals surface area contributed by atoms with E-state index in [0.29, 0.717) is 0 Å². The normalized spacial score (nSPS) is 11.2. The lowest BCUT2D eigenvalue weighted by atomic mass is 10.5. The molecule has 0 fully saturated rings. The van der Waals surface area contributed by atoms with E-state index in [1.807, 2.05) is 6.08 Å². The Morgan fingerprint density at radius 1 is 1.30 bits per heavy atom. The van der Waals surface area contributed by atoms with Crippen molar-refractivity contribution in [2.24, 2.45) is 0 Å². The minimum Gasteiger partial charge on any atom is -1.00 e. The Kier molecular flexibility index (Phi) is 7.26. The topological polar surface area (TPSA) is 9.23 Å². The predicted molar refractivity (Wildman–Crippen MR) is 39.0 cm³/mol. The maximum Gasteiger partial charge on any atom is 0.1000 e. The summed E-state index contributed by atoms with van der Waals surface area (Å²) < 4.78 is 5.69. The number of likely N-dealkylation sites (N-methyl/N-ethyl adjacent to an activating group) is 1. The van der Waals surface area contributed by atoms with E-state index in [9.17, 15) is 0 Å². The van der Waals surface area contributed by atoms with E-state index in [4.69, 9.17) is 4.74 Å². The van der Waals surface area contributed by atoms with Gasteiger partial charge in [0.05, 0.1) is 41.1 Å². The second kappa shape index (κ2) is 5.74. The molecule has 0 saturated heterocycles. The van der Waals surface area contributed by atoms with Gasteiger partial charge in [0.15, 0.2) is 0 Å². The van der Waals surface area contributed by atoms with Gasteiger partial charge in [0, 0.05) is 6.08 Å². The average molecular weight is 210 g/mol. The molecule has 62 valence electrons. The van der Waals surface area contributed by atoms with Gasteiger partial charge in [0.2, 0.25) is 0 Å². The van der Waals surface area contributed by atoms with Crippen molar-refractivity contribution in [3.05, 3.63) is 12.3 Å². The molecule has 0 N–H and O–H groups in total. The van der Waals surface area contributed by atoms with E-state index >= 15 is 0 Å². The van der Waals surface area contributed by atoms with Gasteiger partial charge in [-0.05, 0) is 0 Å². The first-order valence-electron chi connectivity index (χ1n) is 3.04. The zero-order valence-corrected chi connectivity index (χ0v) is 8.68. The van der Waals surface area contributed by atoms with Crippen LogP contribution in [0, 0.1) is 0 Å². The van der Waals surface area contributed by atoms with Crippen LogP contribution in [0.1, 0.15) is 0 Å². The van der Waals surface area contributed by atoms with Gasteiger partial charge >= 0.3 is 0 Å². The lowest BCUT2D eigenvalue weighted by molar-refractivity contribution is -0.864.